The van der Waals surface area contributed by atoms with E-state index in [1.54, 1.807) is 0 Å². The van der Waals surface area contributed by atoms with Crippen molar-refractivity contribution in [3.8, 4) is 0 Å². The minimum atomic E-state index is 0.674. The lowest BCUT2D eigenvalue weighted by Crippen LogP contribution is -2.06. The van der Waals surface area contributed by atoms with Crippen molar-refractivity contribution in [2.24, 2.45) is 5.92 Å². The molecule has 0 radical (unpaired) electrons. The Morgan fingerprint density at radius 2 is 1.87 bits per heavy atom. The van der Waals surface area contributed by atoms with Gasteiger partial charge in [0.15, 0.2) is 0 Å². The van der Waals surface area contributed by atoms with Gasteiger partial charge in [-0.2, -0.15) is 0 Å². The third-order valence-corrected chi connectivity index (χ3v) is 3.71. The van der Waals surface area contributed by atoms with Crippen molar-refractivity contribution >= 4 is 15.9 Å². The number of rotatable bonds is 6. The summed E-state index contributed by atoms with van der Waals surface area (Å²) < 4.78 is 0. The Kier molecular flexibility index (Phi) is 6.00. The van der Waals surface area contributed by atoms with Crippen LogP contribution in [0.1, 0.15) is 44.6 Å². The molecule has 0 aliphatic heterocycles. The van der Waals surface area contributed by atoms with Gasteiger partial charge in [-0.1, -0.05) is 73.0 Å². The minimum Gasteiger partial charge on any atom is -0.0921 e. The molecular formula is C14H21Br. The molecule has 1 rings (SSSR count). The summed E-state index contributed by atoms with van der Waals surface area (Å²) in [6.07, 6.45) is 3.93. The molecule has 1 heteroatoms. The highest BCUT2D eigenvalue weighted by Crippen LogP contribution is 2.27. The zero-order valence-corrected chi connectivity index (χ0v) is 11.3. The maximum absolute atomic E-state index is 3.63. The molecule has 0 spiro atoms. The van der Waals surface area contributed by atoms with Crippen LogP contribution >= 0.6 is 15.9 Å². The number of benzene rings is 1. The van der Waals surface area contributed by atoms with E-state index in [0.717, 1.165) is 11.2 Å². The van der Waals surface area contributed by atoms with Gasteiger partial charge in [0, 0.05) is 5.33 Å². The third-order valence-electron chi connectivity index (χ3n) is 2.93. The average molecular weight is 269 g/mol. The molecule has 1 aromatic rings. The summed E-state index contributed by atoms with van der Waals surface area (Å²) in [5.41, 5.74) is 1.47. The second-order valence-electron chi connectivity index (χ2n) is 4.39. The molecule has 0 fully saturated rings. The van der Waals surface area contributed by atoms with Crippen LogP contribution in [0.2, 0.25) is 0 Å². The molecule has 2 unspecified atom stereocenters. The van der Waals surface area contributed by atoms with Crippen LogP contribution in [0.4, 0.5) is 0 Å². The van der Waals surface area contributed by atoms with Gasteiger partial charge in [0.05, 0.1) is 0 Å². The van der Waals surface area contributed by atoms with Crippen LogP contribution in [-0.4, -0.2) is 5.33 Å². The van der Waals surface area contributed by atoms with Crippen LogP contribution < -0.4 is 0 Å². The SMILES string of the molecule is CCCC(C)CC(CBr)c1ccccc1. The van der Waals surface area contributed by atoms with Crippen molar-refractivity contribution in [2.75, 3.05) is 5.33 Å². The lowest BCUT2D eigenvalue weighted by molar-refractivity contribution is 0.452. The van der Waals surface area contributed by atoms with E-state index in [1.807, 2.05) is 0 Å². The van der Waals surface area contributed by atoms with E-state index in [-0.39, 0.29) is 0 Å². The van der Waals surface area contributed by atoms with Gasteiger partial charge >= 0.3 is 0 Å². The van der Waals surface area contributed by atoms with E-state index < -0.39 is 0 Å². The Labute approximate surface area is 102 Å². The maximum atomic E-state index is 3.63. The first kappa shape index (κ1) is 12.8. The Balaban J connectivity index is 2.56. The first-order valence-corrected chi connectivity index (χ1v) is 7.01. The summed E-state index contributed by atoms with van der Waals surface area (Å²) in [6.45, 7) is 4.63. The van der Waals surface area contributed by atoms with E-state index in [1.165, 1.54) is 24.8 Å². The normalized spacial score (nSPS) is 14.9. The lowest BCUT2D eigenvalue weighted by atomic mass is 9.89. The molecule has 0 saturated carbocycles. The number of halogens is 1. The summed E-state index contributed by atoms with van der Waals surface area (Å²) >= 11 is 3.63. The summed E-state index contributed by atoms with van der Waals surface area (Å²) in [5.74, 6) is 1.51. The monoisotopic (exact) mass is 268 g/mol. The van der Waals surface area contributed by atoms with Crippen LogP contribution in [0.3, 0.4) is 0 Å². The summed E-state index contributed by atoms with van der Waals surface area (Å²) in [6, 6.07) is 10.8. The van der Waals surface area contributed by atoms with Crippen LogP contribution in [0.5, 0.6) is 0 Å². The van der Waals surface area contributed by atoms with Crippen molar-refractivity contribution in [1.82, 2.24) is 0 Å². The van der Waals surface area contributed by atoms with Gasteiger partial charge in [-0.3, -0.25) is 0 Å². The molecule has 0 amide bonds. The van der Waals surface area contributed by atoms with Crippen molar-refractivity contribution < 1.29 is 0 Å². The Bertz CT molecular complexity index is 255. The van der Waals surface area contributed by atoms with E-state index in [2.05, 4.69) is 60.1 Å². The largest absolute Gasteiger partial charge is 0.0921 e. The highest BCUT2D eigenvalue weighted by atomic mass is 79.9. The predicted molar refractivity (Wildman–Crippen MR) is 71.7 cm³/mol. The molecular weight excluding hydrogens is 248 g/mol. The van der Waals surface area contributed by atoms with Gasteiger partial charge in [0.2, 0.25) is 0 Å². The molecule has 0 nitrogen and oxygen atoms in total. The topological polar surface area (TPSA) is 0 Å². The molecule has 2 atom stereocenters. The summed E-state index contributed by atoms with van der Waals surface area (Å²) in [4.78, 5) is 0. The van der Waals surface area contributed by atoms with Crippen LogP contribution in [-0.2, 0) is 0 Å². The quantitative estimate of drug-likeness (QED) is 0.638. The molecule has 15 heavy (non-hydrogen) atoms. The fourth-order valence-corrected chi connectivity index (χ4v) is 2.75. The molecule has 0 saturated heterocycles. The Morgan fingerprint density at radius 1 is 1.20 bits per heavy atom. The van der Waals surface area contributed by atoms with E-state index >= 15 is 0 Å². The maximum Gasteiger partial charge on any atom is 0.0100 e. The number of hydrogen-bond donors (Lipinski definition) is 0. The van der Waals surface area contributed by atoms with Crippen molar-refractivity contribution in [3.05, 3.63) is 35.9 Å². The third kappa shape index (κ3) is 4.38. The molecule has 0 aliphatic carbocycles. The zero-order valence-electron chi connectivity index (χ0n) is 9.75. The van der Waals surface area contributed by atoms with Gasteiger partial charge in [-0.25, -0.2) is 0 Å². The summed E-state index contributed by atoms with van der Waals surface area (Å²) in [7, 11) is 0. The molecule has 0 bridgehead atoms. The Morgan fingerprint density at radius 3 is 2.40 bits per heavy atom. The first-order chi connectivity index (χ1) is 7.27. The zero-order chi connectivity index (χ0) is 11.1. The fourth-order valence-electron chi connectivity index (χ4n) is 2.11. The van der Waals surface area contributed by atoms with Crippen molar-refractivity contribution in [3.63, 3.8) is 0 Å². The number of alkyl halides is 1. The standard InChI is InChI=1S/C14H21Br/c1-3-7-12(2)10-14(11-15)13-8-5-4-6-9-13/h4-6,8-9,12,14H,3,7,10-11H2,1-2H3. The van der Waals surface area contributed by atoms with Gasteiger partial charge in [-0.05, 0) is 23.8 Å². The van der Waals surface area contributed by atoms with Gasteiger partial charge < -0.3 is 0 Å². The second kappa shape index (κ2) is 7.05. The second-order valence-corrected chi connectivity index (χ2v) is 5.04. The highest BCUT2D eigenvalue weighted by Gasteiger charge is 2.13. The summed E-state index contributed by atoms with van der Waals surface area (Å²) in [5, 5.41) is 1.07. The van der Waals surface area contributed by atoms with Crippen molar-refractivity contribution in [2.45, 2.75) is 39.0 Å². The smallest absolute Gasteiger partial charge is 0.0100 e. The van der Waals surface area contributed by atoms with Crippen LogP contribution in [0.15, 0.2) is 30.3 Å². The molecule has 84 valence electrons. The fraction of sp³-hybridized carbons (Fsp3) is 0.571. The molecule has 0 aromatic heterocycles. The molecule has 0 N–H and O–H groups in total. The average Bonchev–Trinajstić information content (AvgIpc) is 2.27. The lowest BCUT2D eigenvalue weighted by Gasteiger charge is -2.19. The van der Waals surface area contributed by atoms with Crippen molar-refractivity contribution in [1.29, 1.82) is 0 Å². The van der Waals surface area contributed by atoms with E-state index in [4.69, 9.17) is 0 Å². The van der Waals surface area contributed by atoms with Gasteiger partial charge in [-0.15, -0.1) is 0 Å². The molecule has 1 aromatic carbocycles. The number of hydrogen-bond acceptors (Lipinski definition) is 0. The van der Waals surface area contributed by atoms with E-state index in [9.17, 15) is 0 Å². The predicted octanol–water partition coefficient (Wildman–Crippen LogP) is 4.99. The first-order valence-electron chi connectivity index (χ1n) is 5.88. The molecule has 0 aliphatic rings. The van der Waals surface area contributed by atoms with Crippen LogP contribution in [0, 0.1) is 5.92 Å². The van der Waals surface area contributed by atoms with Gasteiger partial charge in [0.25, 0.3) is 0 Å². The minimum absolute atomic E-state index is 0.674. The highest BCUT2D eigenvalue weighted by molar-refractivity contribution is 9.09. The van der Waals surface area contributed by atoms with E-state index in [0.29, 0.717) is 5.92 Å². The molecule has 0 heterocycles. The van der Waals surface area contributed by atoms with Crippen LogP contribution in [0.25, 0.3) is 0 Å². The van der Waals surface area contributed by atoms with Gasteiger partial charge in [0.1, 0.15) is 0 Å². The Hall–Kier alpha value is -0.300.